The van der Waals surface area contributed by atoms with E-state index in [-0.39, 0.29) is 0 Å². The van der Waals surface area contributed by atoms with Crippen molar-refractivity contribution in [2.75, 3.05) is 5.32 Å². The highest BCUT2D eigenvalue weighted by molar-refractivity contribution is 5.62. The predicted octanol–water partition coefficient (Wildman–Crippen LogP) is 3.36. The summed E-state index contributed by atoms with van der Waals surface area (Å²) in [6.45, 7) is 0.392. The molecule has 0 unspecified atom stereocenters. The molecule has 1 aromatic carbocycles. The SMILES string of the molecule is Fc1cc(F)cc(NCc2cn[nH]c2-c2cccnc2)c1. The fraction of sp³-hybridized carbons (Fsp3) is 0.0667. The molecule has 3 rings (SSSR count). The normalized spacial score (nSPS) is 10.6. The molecule has 0 aliphatic carbocycles. The fourth-order valence-corrected chi connectivity index (χ4v) is 2.06. The van der Waals surface area contributed by atoms with Crippen molar-refractivity contribution in [3.05, 3.63) is 66.1 Å². The second-order valence-corrected chi connectivity index (χ2v) is 4.52. The lowest BCUT2D eigenvalue weighted by molar-refractivity contribution is 0.584. The van der Waals surface area contributed by atoms with Crippen molar-refractivity contribution < 1.29 is 8.78 Å². The molecule has 21 heavy (non-hydrogen) atoms. The van der Waals surface area contributed by atoms with Crippen LogP contribution in [0.1, 0.15) is 5.56 Å². The van der Waals surface area contributed by atoms with Gasteiger partial charge in [-0.3, -0.25) is 10.1 Å². The Morgan fingerprint density at radius 3 is 2.62 bits per heavy atom. The number of anilines is 1. The van der Waals surface area contributed by atoms with Gasteiger partial charge in [-0.1, -0.05) is 0 Å². The van der Waals surface area contributed by atoms with Gasteiger partial charge in [0, 0.05) is 41.8 Å². The Morgan fingerprint density at radius 1 is 1.10 bits per heavy atom. The van der Waals surface area contributed by atoms with Crippen LogP contribution in [0.2, 0.25) is 0 Å². The number of hydrogen-bond acceptors (Lipinski definition) is 3. The van der Waals surface area contributed by atoms with Crippen LogP contribution in [0, 0.1) is 11.6 Å². The van der Waals surface area contributed by atoms with Crippen LogP contribution in [-0.2, 0) is 6.54 Å². The summed E-state index contributed by atoms with van der Waals surface area (Å²) in [7, 11) is 0. The lowest BCUT2D eigenvalue weighted by atomic mass is 10.1. The van der Waals surface area contributed by atoms with Gasteiger partial charge in [-0.2, -0.15) is 5.10 Å². The van der Waals surface area contributed by atoms with Crippen molar-refractivity contribution in [2.45, 2.75) is 6.54 Å². The number of pyridine rings is 1. The van der Waals surface area contributed by atoms with Crippen LogP contribution >= 0.6 is 0 Å². The number of nitrogens with zero attached hydrogens (tertiary/aromatic N) is 2. The van der Waals surface area contributed by atoms with Gasteiger partial charge in [0.15, 0.2) is 0 Å². The third kappa shape index (κ3) is 3.05. The average molecular weight is 286 g/mol. The van der Waals surface area contributed by atoms with E-state index in [1.54, 1.807) is 18.6 Å². The van der Waals surface area contributed by atoms with E-state index in [9.17, 15) is 8.78 Å². The second-order valence-electron chi connectivity index (χ2n) is 4.52. The van der Waals surface area contributed by atoms with Gasteiger partial charge in [-0.15, -0.1) is 0 Å². The second kappa shape index (κ2) is 5.70. The van der Waals surface area contributed by atoms with Gasteiger partial charge in [0.25, 0.3) is 0 Å². The molecule has 0 aliphatic rings. The van der Waals surface area contributed by atoms with Crippen LogP contribution in [0.4, 0.5) is 14.5 Å². The molecule has 2 heterocycles. The average Bonchev–Trinajstić information content (AvgIpc) is 2.93. The molecule has 6 heteroatoms. The molecule has 0 amide bonds. The van der Waals surface area contributed by atoms with E-state index >= 15 is 0 Å². The van der Waals surface area contributed by atoms with Crippen LogP contribution < -0.4 is 5.32 Å². The van der Waals surface area contributed by atoms with Gasteiger partial charge in [-0.25, -0.2) is 8.78 Å². The number of rotatable bonds is 4. The van der Waals surface area contributed by atoms with Crippen molar-refractivity contribution in [1.82, 2.24) is 15.2 Å². The van der Waals surface area contributed by atoms with E-state index < -0.39 is 11.6 Å². The summed E-state index contributed by atoms with van der Waals surface area (Å²) in [6, 6.07) is 7.06. The maximum Gasteiger partial charge on any atom is 0.128 e. The summed E-state index contributed by atoms with van der Waals surface area (Å²) in [4.78, 5) is 4.06. The zero-order valence-corrected chi connectivity index (χ0v) is 11.0. The van der Waals surface area contributed by atoms with Gasteiger partial charge < -0.3 is 5.32 Å². The molecule has 0 radical (unpaired) electrons. The summed E-state index contributed by atoms with van der Waals surface area (Å²) in [5.74, 6) is -1.23. The van der Waals surface area contributed by atoms with Gasteiger partial charge in [0.1, 0.15) is 11.6 Å². The molecule has 0 aliphatic heterocycles. The Hall–Kier alpha value is -2.76. The minimum absolute atomic E-state index is 0.380. The zero-order chi connectivity index (χ0) is 14.7. The van der Waals surface area contributed by atoms with Gasteiger partial charge in [0.2, 0.25) is 0 Å². The van der Waals surface area contributed by atoms with Crippen molar-refractivity contribution in [1.29, 1.82) is 0 Å². The number of H-pyrrole nitrogens is 1. The monoisotopic (exact) mass is 286 g/mol. The van der Waals surface area contributed by atoms with Gasteiger partial charge in [-0.05, 0) is 24.3 Å². The van der Waals surface area contributed by atoms with Crippen LogP contribution in [0.3, 0.4) is 0 Å². The Morgan fingerprint density at radius 2 is 1.90 bits per heavy atom. The maximum atomic E-state index is 13.1. The van der Waals surface area contributed by atoms with Crippen LogP contribution in [0.15, 0.2) is 48.9 Å². The summed E-state index contributed by atoms with van der Waals surface area (Å²) in [6.07, 6.45) is 5.08. The molecule has 0 bridgehead atoms. The first-order valence-corrected chi connectivity index (χ1v) is 6.35. The molecule has 3 aromatic rings. The topological polar surface area (TPSA) is 53.6 Å². The highest BCUT2D eigenvalue weighted by Crippen LogP contribution is 2.21. The Kier molecular flexibility index (Phi) is 3.59. The summed E-state index contributed by atoms with van der Waals surface area (Å²) < 4.78 is 26.3. The van der Waals surface area contributed by atoms with Crippen LogP contribution in [0.5, 0.6) is 0 Å². The Bertz CT molecular complexity index is 720. The lowest BCUT2D eigenvalue weighted by Crippen LogP contribution is -2.01. The fourth-order valence-electron chi connectivity index (χ4n) is 2.06. The Labute approximate surface area is 119 Å². The number of hydrogen-bond donors (Lipinski definition) is 2. The third-order valence-corrected chi connectivity index (χ3v) is 3.01. The van der Waals surface area contributed by atoms with E-state index in [1.165, 1.54) is 12.1 Å². The smallest absolute Gasteiger partial charge is 0.128 e. The van der Waals surface area contributed by atoms with Crippen LogP contribution in [-0.4, -0.2) is 15.2 Å². The van der Waals surface area contributed by atoms with E-state index in [2.05, 4.69) is 20.5 Å². The minimum atomic E-state index is -0.614. The predicted molar refractivity (Wildman–Crippen MR) is 75.5 cm³/mol. The largest absolute Gasteiger partial charge is 0.381 e. The van der Waals surface area contributed by atoms with Crippen molar-refractivity contribution in [3.8, 4) is 11.3 Å². The molecular weight excluding hydrogens is 274 g/mol. The standard InChI is InChI=1S/C15H12F2N4/c16-12-4-13(17)6-14(5-12)19-8-11-9-20-21-15(11)10-2-1-3-18-7-10/h1-7,9,19H,8H2,(H,20,21). The molecule has 0 fully saturated rings. The first kappa shape index (κ1) is 13.2. The zero-order valence-electron chi connectivity index (χ0n) is 11.0. The van der Waals surface area contributed by atoms with E-state index in [0.29, 0.717) is 12.2 Å². The van der Waals surface area contributed by atoms with Crippen molar-refractivity contribution >= 4 is 5.69 Å². The summed E-state index contributed by atoms with van der Waals surface area (Å²) in [5, 5.41) is 9.89. The highest BCUT2D eigenvalue weighted by Gasteiger charge is 2.08. The third-order valence-electron chi connectivity index (χ3n) is 3.01. The summed E-state index contributed by atoms with van der Waals surface area (Å²) in [5.41, 5.74) is 2.99. The molecule has 0 atom stereocenters. The maximum absolute atomic E-state index is 13.1. The molecule has 0 spiro atoms. The molecule has 106 valence electrons. The van der Waals surface area contributed by atoms with Crippen molar-refractivity contribution in [2.24, 2.45) is 0 Å². The molecular formula is C15H12F2N4. The number of benzene rings is 1. The van der Waals surface area contributed by atoms with E-state index in [4.69, 9.17) is 0 Å². The van der Waals surface area contributed by atoms with Crippen LogP contribution in [0.25, 0.3) is 11.3 Å². The number of aromatic amines is 1. The van der Waals surface area contributed by atoms with Crippen molar-refractivity contribution in [3.63, 3.8) is 0 Å². The highest BCUT2D eigenvalue weighted by atomic mass is 19.1. The van der Waals surface area contributed by atoms with Gasteiger partial charge >= 0.3 is 0 Å². The lowest BCUT2D eigenvalue weighted by Gasteiger charge is -2.07. The molecule has 2 N–H and O–H groups in total. The molecule has 0 saturated heterocycles. The first-order valence-electron chi connectivity index (χ1n) is 6.35. The molecule has 0 saturated carbocycles. The van der Waals surface area contributed by atoms with E-state index in [1.807, 2.05) is 12.1 Å². The number of nitrogens with one attached hydrogen (secondary N) is 2. The molecule has 4 nitrogen and oxygen atoms in total. The Balaban J connectivity index is 1.79. The summed E-state index contributed by atoms with van der Waals surface area (Å²) >= 11 is 0. The number of halogens is 2. The van der Waals surface area contributed by atoms with Gasteiger partial charge in [0.05, 0.1) is 11.9 Å². The van der Waals surface area contributed by atoms with E-state index in [0.717, 1.165) is 22.9 Å². The number of aromatic nitrogens is 3. The first-order chi connectivity index (χ1) is 10.2. The molecule has 2 aromatic heterocycles. The quantitative estimate of drug-likeness (QED) is 0.773. The minimum Gasteiger partial charge on any atom is -0.381 e.